The van der Waals surface area contributed by atoms with Gasteiger partial charge in [0, 0.05) is 35.8 Å². The molecular formula is C17H13N3OS. The van der Waals surface area contributed by atoms with Crippen LogP contribution in [0, 0.1) is 0 Å². The second-order valence-corrected chi connectivity index (χ2v) is 5.87. The summed E-state index contributed by atoms with van der Waals surface area (Å²) in [5, 5.41) is 6.34. The van der Waals surface area contributed by atoms with Crippen LogP contribution in [0.1, 0.15) is 0 Å². The number of fused-ring (bicyclic) bond motifs is 1. The van der Waals surface area contributed by atoms with E-state index in [0.717, 1.165) is 27.1 Å². The molecule has 0 saturated heterocycles. The Bertz CT molecular complexity index is 927. The summed E-state index contributed by atoms with van der Waals surface area (Å²) >= 11 is 1.68. The minimum Gasteiger partial charge on any atom is -0.439 e. The molecule has 0 radical (unpaired) electrons. The standard InChI is InChI=1S/C17H13N3OS/c1-20-10-12(9-18-20)14-11-22-15-7-8-16(19-17(14)15)21-13-5-3-2-4-6-13/h2-11H,1H3. The average Bonchev–Trinajstić information content (AvgIpc) is 3.14. The maximum Gasteiger partial charge on any atom is 0.219 e. The number of hydrogen-bond acceptors (Lipinski definition) is 4. The molecule has 0 saturated carbocycles. The summed E-state index contributed by atoms with van der Waals surface area (Å²) in [6.45, 7) is 0. The van der Waals surface area contributed by atoms with Crippen LogP contribution in [0.2, 0.25) is 0 Å². The summed E-state index contributed by atoms with van der Waals surface area (Å²) in [6, 6.07) is 13.6. The maximum absolute atomic E-state index is 5.82. The van der Waals surface area contributed by atoms with Crippen LogP contribution in [-0.4, -0.2) is 14.8 Å². The number of pyridine rings is 1. The molecule has 0 aliphatic heterocycles. The fourth-order valence-corrected chi connectivity index (χ4v) is 3.23. The quantitative estimate of drug-likeness (QED) is 0.560. The zero-order valence-corrected chi connectivity index (χ0v) is 12.7. The van der Waals surface area contributed by atoms with Crippen LogP contribution < -0.4 is 4.74 Å². The molecule has 0 aliphatic carbocycles. The molecule has 0 spiro atoms. The molecule has 0 N–H and O–H groups in total. The van der Waals surface area contributed by atoms with Crippen molar-refractivity contribution in [1.82, 2.24) is 14.8 Å². The van der Waals surface area contributed by atoms with E-state index in [-0.39, 0.29) is 0 Å². The van der Waals surface area contributed by atoms with Gasteiger partial charge >= 0.3 is 0 Å². The van der Waals surface area contributed by atoms with E-state index in [1.807, 2.05) is 61.9 Å². The Morgan fingerprint density at radius 3 is 2.73 bits per heavy atom. The van der Waals surface area contributed by atoms with Crippen LogP contribution in [-0.2, 0) is 7.05 Å². The van der Waals surface area contributed by atoms with E-state index in [1.165, 1.54) is 0 Å². The minimum absolute atomic E-state index is 0.599. The highest BCUT2D eigenvalue weighted by Crippen LogP contribution is 2.34. The van der Waals surface area contributed by atoms with Gasteiger partial charge in [0.15, 0.2) is 0 Å². The Labute approximate surface area is 131 Å². The van der Waals surface area contributed by atoms with Gasteiger partial charge in [-0.2, -0.15) is 5.10 Å². The van der Waals surface area contributed by atoms with E-state index in [2.05, 4.69) is 15.5 Å². The first-order valence-electron chi connectivity index (χ1n) is 6.90. The van der Waals surface area contributed by atoms with E-state index in [1.54, 1.807) is 16.0 Å². The number of hydrogen-bond donors (Lipinski definition) is 0. The van der Waals surface area contributed by atoms with E-state index >= 15 is 0 Å². The molecule has 0 unspecified atom stereocenters. The molecule has 0 aliphatic rings. The molecule has 1 aromatic carbocycles. The third-order valence-electron chi connectivity index (χ3n) is 3.37. The van der Waals surface area contributed by atoms with Gasteiger partial charge in [0.05, 0.1) is 16.4 Å². The zero-order chi connectivity index (χ0) is 14.9. The summed E-state index contributed by atoms with van der Waals surface area (Å²) in [6.07, 6.45) is 3.85. The van der Waals surface area contributed by atoms with Crippen molar-refractivity contribution in [2.45, 2.75) is 0 Å². The van der Waals surface area contributed by atoms with Gasteiger partial charge in [-0.05, 0) is 18.2 Å². The smallest absolute Gasteiger partial charge is 0.219 e. The number of para-hydroxylation sites is 1. The van der Waals surface area contributed by atoms with Gasteiger partial charge in [0.2, 0.25) is 5.88 Å². The second-order valence-electron chi connectivity index (χ2n) is 4.96. The van der Waals surface area contributed by atoms with Crippen LogP contribution >= 0.6 is 11.3 Å². The fraction of sp³-hybridized carbons (Fsp3) is 0.0588. The predicted molar refractivity (Wildman–Crippen MR) is 88.3 cm³/mol. The van der Waals surface area contributed by atoms with Gasteiger partial charge in [-0.1, -0.05) is 18.2 Å². The van der Waals surface area contributed by atoms with Crippen LogP contribution in [0.15, 0.2) is 60.2 Å². The van der Waals surface area contributed by atoms with Crippen molar-refractivity contribution < 1.29 is 4.74 Å². The molecule has 4 rings (SSSR count). The molecule has 4 nitrogen and oxygen atoms in total. The average molecular weight is 307 g/mol. The lowest BCUT2D eigenvalue weighted by atomic mass is 10.1. The van der Waals surface area contributed by atoms with E-state index in [4.69, 9.17) is 4.74 Å². The maximum atomic E-state index is 5.82. The van der Waals surface area contributed by atoms with E-state index < -0.39 is 0 Å². The lowest BCUT2D eigenvalue weighted by molar-refractivity contribution is 0.465. The third kappa shape index (κ3) is 2.35. The van der Waals surface area contributed by atoms with Crippen molar-refractivity contribution in [3.8, 4) is 22.8 Å². The van der Waals surface area contributed by atoms with E-state index in [0.29, 0.717) is 5.88 Å². The van der Waals surface area contributed by atoms with Crippen molar-refractivity contribution in [1.29, 1.82) is 0 Å². The summed E-state index contributed by atoms with van der Waals surface area (Å²) in [5.74, 6) is 1.38. The first-order valence-corrected chi connectivity index (χ1v) is 7.78. The Hall–Kier alpha value is -2.66. The third-order valence-corrected chi connectivity index (χ3v) is 4.31. The van der Waals surface area contributed by atoms with Crippen LogP contribution in [0.4, 0.5) is 0 Å². The van der Waals surface area contributed by atoms with E-state index in [9.17, 15) is 0 Å². The number of aromatic nitrogens is 3. The monoisotopic (exact) mass is 307 g/mol. The number of rotatable bonds is 3. The van der Waals surface area contributed by atoms with Crippen molar-refractivity contribution in [3.05, 3.63) is 60.2 Å². The molecule has 5 heteroatoms. The lowest BCUT2D eigenvalue weighted by Crippen LogP contribution is -1.87. The number of thiophene rings is 1. The topological polar surface area (TPSA) is 39.9 Å². The van der Waals surface area contributed by atoms with Crippen molar-refractivity contribution in [3.63, 3.8) is 0 Å². The van der Waals surface area contributed by atoms with Gasteiger partial charge in [-0.15, -0.1) is 11.3 Å². The Kier molecular flexibility index (Phi) is 3.12. The highest BCUT2D eigenvalue weighted by molar-refractivity contribution is 7.17. The van der Waals surface area contributed by atoms with Crippen molar-refractivity contribution >= 4 is 21.6 Å². The highest BCUT2D eigenvalue weighted by Gasteiger charge is 2.11. The van der Waals surface area contributed by atoms with Gasteiger partial charge < -0.3 is 4.74 Å². The van der Waals surface area contributed by atoms with Gasteiger partial charge in [0.25, 0.3) is 0 Å². The Balaban J connectivity index is 1.76. The molecular weight excluding hydrogens is 294 g/mol. The van der Waals surface area contributed by atoms with Gasteiger partial charge in [-0.25, -0.2) is 4.98 Å². The Morgan fingerprint density at radius 2 is 1.95 bits per heavy atom. The normalized spacial score (nSPS) is 11.0. The van der Waals surface area contributed by atoms with Crippen molar-refractivity contribution in [2.75, 3.05) is 0 Å². The van der Waals surface area contributed by atoms with Gasteiger partial charge in [-0.3, -0.25) is 4.68 Å². The van der Waals surface area contributed by atoms with Crippen LogP contribution in [0.25, 0.3) is 21.3 Å². The summed E-state index contributed by atoms with van der Waals surface area (Å²) in [7, 11) is 1.91. The molecule has 4 aromatic rings. The summed E-state index contributed by atoms with van der Waals surface area (Å²) in [4.78, 5) is 4.67. The molecule has 0 fully saturated rings. The Morgan fingerprint density at radius 1 is 1.09 bits per heavy atom. The number of benzene rings is 1. The fourth-order valence-electron chi connectivity index (χ4n) is 2.33. The van der Waals surface area contributed by atoms with Gasteiger partial charge in [0.1, 0.15) is 5.75 Å². The zero-order valence-electron chi connectivity index (χ0n) is 11.9. The molecule has 0 atom stereocenters. The molecule has 108 valence electrons. The van der Waals surface area contributed by atoms with Crippen LogP contribution in [0.5, 0.6) is 11.6 Å². The molecule has 3 aromatic heterocycles. The molecule has 22 heavy (non-hydrogen) atoms. The first-order chi connectivity index (χ1) is 10.8. The van der Waals surface area contributed by atoms with Crippen LogP contribution in [0.3, 0.4) is 0 Å². The SMILES string of the molecule is Cn1cc(-c2csc3ccc(Oc4ccccc4)nc23)cn1. The molecule has 0 amide bonds. The van der Waals surface area contributed by atoms with Crippen molar-refractivity contribution in [2.24, 2.45) is 7.05 Å². The minimum atomic E-state index is 0.599. The largest absolute Gasteiger partial charge is 0.439 e. The summed E-state index contributed by atoms with van der Waals surface area (Å²) < 4.78 is 8.76. The molecule has 3 heterocycles. The predicted octanol–water partition coefficient (Wildman–Crippen LogP) is 4.49. The number of ether oxygens (including phenoxy) is 1. The number of aryl methyl sites for hydroxylation is 1. The lowest BCUT2D eigenvalue weighted by Gasteiger charge is -2.04. The summed E-state index contributed by atoms with van der Waals surface area (Å²) in [5.41, 5.74) is 3.11. The highest BCUT2D eigenvalue weighted by atomic mass is 32.1. The number of nitrogens with zero attached hydrogens (tertiary/aromatic N) is 3. The first kappa shape index (κ1) is 13.0. The second kappa shape index (κ2) is 5.27. The molecule has 0 bridgehead atoms.